The minimum absolute atomic E-state index is 0.0340. The number of anilines is 1. The summed E-state index contributed by atoms with van der Waals surface area (Å²) in [6, 6.07) is 6.80. The van der Waals surface area contributed by atoms with Crippen LogP contribution in [0.2, 0.25) is 5.02 Å². The number of ether oxygens (including phenoxy) is 1. The Bertz CT molecular complexity index is 767. The van der Waals surface area contributed by atoms with Crippen LogP contribution in [0.25, 0.3) is 0 Å². The molecule has 0 saturated carbocycles. The predicted octanol–water partition coefficient (Wildman–Crippen LogP) is 2.28. The zero-order chi connectivity index (χ0) is 17.8. The van der Waals surface area contributed by atoms with E-state index in [1.54, 1.807) is 29.2 Å². The predicted molar refractivity (Wildman–Crippen MR) is 94.0 cm³/mol. The number of nitrogens with zero attached hydrogens (tertiary/aromatic N) is 3. The highest BCUT2D eigenvalue weighted by Crippen LogP contribution is 2.18. The maximum absolute atomic E-state index is 12.4. The van der Waals surface area contributed by atoms with Gasteiger partial charge in [-0.3, -0.25) is 14.3 Å². The van der Waals surface area contributed by atoms with E-state index >= 15 is 0 Å². The van der Waals surface area contributed by atoms with E-state index in [1.165, 1.54) is 10.9 Å². The molecule has 2 heterocycles. The number of morpholine rings is 1. The third kappa shape index (κ3) is 3.83. The van der Waals surface area contributed by atoms with Gasteiger partial charge >= 0.3 is 0 Å². The molecule has 1 aromatic carbocycles. The van der Waals surface area contributed by atoms with Gasteiger partial charge in [-0.25, -0.2) is 0 Å². The molecule has 0 aliphatic carbocycles. The summed E-state index contributed by atoms with van der Waals surface area (Å²) < 4.78 is 6.79. The van der Waals surface area contributed by atoms with Crippen LogP contribution in [0.4, 0.5) is 5.69 Å². The van der Waals surface area contributed by atoms with Crippen LogP contribution in [0.1, 0.15) is 27.8 Å². The van der Waals surface area contributed by atoms with Crippen molar-refractivity contribution in [1.82, 2.24) is 14.7 Å². The van der Waals surface area contributed by atoms with Gasteiger partial charge in [-0.1, -0.05) is 11.6 Å². The normalized spacial score (nSPS) is 14.4. The summed E-state index contributed by atoms with van der Waals surface area (Å²) in [6.07, 6.45) is 1.45. The van der Waals surface area contributed by atoms with Gasteiger partial charge in [0.2, 0.25) is 0 Å². The van der Waals surface area contributed by atoms with Gasteiger partial charge in [-0.15, -0.1) is 0 Å². The standard InChI is InChI=1S/C17H19ClN4O3/c1-2-22-15(14(18)11-19-22)16(23)20-13-5-3-12(4-6-13)17(24)21-7-9-25-10-8-21/h3-6,11H,2,7-10H2,1H3,(H,20,23). The van der Waals surface area contributed by atoms with Gasteiger partial charge in [0.15, 0.2) is 0 Å². The second-order valence-electron chi connectivity index (χ2n) is 5.59. The second-order valence-corrected chi connectivity index (χ2v) is 6.00. The molecule has 0 atom stereocenters. The molecular weight excluding hydrogens is 344 g/mol. The van der Waals surface area contributed by atoms with Crippen LogP contribution in [0, 0.1) is 0 Å². The maximum atomic E-state index is 12.4. The Hall–Kier alpha value is -2.38. The lowest BCUT2D eigenvalue weighted by molar-refractivity contribution is 0.0303. The Balaban J connectivity index is 1.69. The van der Waals surface area contributed by atoms with E-state index in [4.69, 9.17) is 16.3 Å². The molecule has 1 N–H and O–H groups in total. The number of carbonyl (C=O) groups is 2. The van der Waals surface area contributed by atoms with Crippen molar-refractivity contribution >= 4 is 29.1 Å². The Morgan fingerprint density at radius 1 is 1.24 bits per heavy atom. The third-order valence-electron chi connectivity index (χ3n) is 4.00. The third-order valence-corrected chi connectivity index (χ3v) is 4.27. The second kappa shape index (κ2) is 7.67. The van der Waals surface area contributed by atoms with E-state index < -0.39 is 0 Å². The fraction of sp³-hybridized carbons (Fsp3) is 0.353. The fourth-order valence-corrected chi connectivity index (χ4v) is 2.89. The first kappa shape index (κ1) is 17.4. The van der Waals surface area contributed by atoms with Gasteiger partial charge in [-0.05, 0) is 31.2 Å². The lowest BCUT2D eigenvalue weighted by Gasteiger charge is -2.26. The number of hydrogen-bond acceptors (Lipinski definition) is 4. The van der Waals surface area contributed by atoms with E-state index in [1.807, 2.05) is 6.92 Å². The Morgan fingerprint density at radius 3 is 2.56 bits per heavy atom. The van der Waals surface area contributed by atoms with Gasteiger partial charge < -0.3 is 15.0 Å². The monoisotopic (exact) mass is 362 g/mol. The molecule has 0 bridgehead atoms. The van der Waals surface area contributed by atoms with Crippen LogP contribution in [-0.4, -0.2) is 52.8 Å². The van der Waals surface area contributed by atoms with Crippen LogP contribution in [0.15, 0.2) is 30.5 Å². The number of carbonyl (C=O) groups excluding carboxylic acids is 2. The number of rotatable bonds is 4. The first-order valence-electron chi connectivity index (χ1n) is 8.10. The van der Waals surface area contributed by atoms with E-state index in [0.717, 1.165) is 0 Å². The number of aromatic nitrogens is 2. The number of benzene rings is 1. The topological polar surface area (TPSA) is 76.5 Å². The quantitative estimate of drug-likeness (QED) is 0.905. The number of nitrogens with one attached hydrogen (secondary N) is 1. The average molecular weight is 363 g/mol. The van der Waals surface area contributed by atoms with Crippen molar-refractivity contribution in [3.8, 4) is 0 Å². The lowest BCUT2D eigenvalue weighted by atomic mass is 10.1. The molecule has 0 unspecified atom stereocenters. The molecule has 25 heavy (non-hydrogen) atoms. The molecule has 2 aromatic rings. The molecule has 0 spiro atoms. The van der Waals surface area contributed by atoms with Crippen molar-refractivity contribution in [2.24, 2.45) is 0 Å². The molecule has 2 amide bonds. The SMILES string of the molecule is CCn1ncc(Cl)c1C(=O)Nc1ccc(C(=O)N2CCOCC2)cc1. The van der Waals surface area contributed by atoms with Crippen LogP contribution in [0.5, 0.6) is 0 Å². The maximum Gasteiger partial charge on any atom is 0.275 e. The number of halogens is 1. The van der Waals surface area contributed by atoms with Crippen LogP contribution < -0.4 is 5.32 Å². The summed E-state index contributed by atoms with van der Waals surface area (Å²) in [4.78, 5) is 26.6. The first-order valence-corrected chi connectivity index (χ1v) is 8.47. The van der Waals surface area contributed by atoms with E-state index in [0.29, 0.717) is 54.8 Å². The van der Waals surface area contributed by atoms with Gasteiger partial charge in [0.25, 0.3) is 11.8 Å². The molecule has 1 aromatic heterocycles. The molecule has 1 aliphatic heterocycles. The van der Waals surface area contributed by atoms with Gasteiger partial charge in [0.05, 0.1) is 24.4 Å². The van der Waals surface area contributed by atoms with Crippen LogP contribution in [-0.2, 0) is 11.3 Å². The summed E-state index contributed by atoms with van der Waals surface area (Å²) >= 11 is 6.03. The highest BCUT2D eigenvalue weighted by molar-refractivity contribution is 6.34. The first-order chi connectivity index (χ1) is 12.1. The summed E-state index contributed by atoms with van der Waals surface area (Å²) in [5, 5.41) is 7.13. The lowest BCUT2D eigenvalue weighted by Crippen LogP contribution is -2.40. The van der Waals surface area contributed by atoms with Crippen LogP contribution in [0.3, 0.4) is 0 Å². The van der Waals surface area contributed by atoms with Crippen molar-refractivity contribution in [3.05, 3.63) is 46.7 Å². The molecular formula is C17H19ClN4O3. The zero-order valence-electron chi connectivity index (χ0n) is 13.9. The van der Waals surface area contributed by atoms with Crippen molar-refractivity contribution in [3.63, 3.8) is 0 Å². The minimum atomic E-state index is -0.336. The smallest absolute Gasteiger partial charge is 0.275 e. The van der Waals surface area contributed by atoms with Crippen molar-refractivity contribution in [2.45, 2.75) is 13.5 Å². The summed E-state index contributed by atoms with van der Waals surface area (Å²) in [5.41, 5.74) is 1.48. The number of hydrogen-bond donors (Lipinski definition) is 1. The molecule has 1 fully saturated rings. The highest BCUT2D eigenvalue weighted by atomic mass is 35.5. The molecule has 1 aliphatic rings. The summed E-state index contributed by atoms with van der Waals surface area (Å²) in [6.45, 7) is 4.74. The molecule has 0 radical (unpaired) electrons. The number of amides is 2. The van der Waals surface area contributed by atoms with Crippen molar-refractivity contribution < 1.29 is 14.3 Å². The zero-order valence-corrected chi connectivity index (χ0v) is 14.6. The molecule has 8 heteroatoms. The molecule has 1 saturated heterocycles. The Kier molecular flexibility index (Phi) is 5.35. The fourth-order valence-electron chi connectivity index (χ4n) is 2.66. The van der Waals surface area contributed by atoms with Crippen molar-refractivity contribution in [1.29, 1.82) is 0 Å². The largest absolute Gasteiger partial charge is 0.378 e. The van der Waals surface area contributed by atoms with Gasteiger partial charge in [-0.2, -0.15) is 5.10 Å². The minimum Gasteiger partial charge on any atom is -0.378 e. The molecule has 3 rings (SSSR count). The van der Waals surface area contributed by atoms with Crippen LogP contribution >= 0.6 is 11.6 Å². The number of aryl methyl sites for hydroxylation is 1. The average Bonchev–Trinajstić information content (AvgIpc) is 3.03. The van der Waals surface area contributed by atoms with Crippen molar-refractivity contribution in [2.75, 3.05) is 31.6 Å². The van der Waals surface area contributed by atoms with E-state index in [9.17, 15) is 9.59 Å². The summed E-state index contributed by atoms with van der Waals surface area (Å²) in [7, 11) is 0. The molecule has 7 nitrogen and oxygen atoms in total. The van der Waals surface area contributed by atoms with Gasteiger partial charge in [0, 0.05) is 30.9 Å². The Morgan fingerprint density at radius 2 is 1.92 bits per heavy atom. The molecule has 132 valence electrons. The van der Waals surface area contributed by atoms with Gasteiger partial charge in [0.1, 0.15) is 5.69 Å². The summed E-state index contributed by atoms with van der Waals surface area (Å²) in [5.74, 6) is -0.370. The Labute approximate surface area is 150 Å². The van der Waals surface area contributed by atoms with E-state index in [2.05, 4.69) is 10.4 Å². The highest BCUT2D eigenvalue weighted by Gasteiger charge is 2.19. The van der Waals surface area contributed by atoms with E-state index in [-0.39, 0.29) is 11.8 Å².